The van der Waals surface area contributed by atoms with E-state index in [1.165, 1.54) is 130 Å². The minimum absolute atomic E-state index is 0.160. The molecule has 0 spiro atoms. The number of benzene rings is 15. The van der Waals surface area contributed by atoms with Crippen LogP contribution in [-0.4, -0.2) is 59.8 Å². The summed E-state index contributed by atoms with van der Waals surface area (Å²) in [4.78, 5) is 50.1. The minimum Gasteiger partial charge on any atom is -0.265 e. The summed E-state index contributed by atoms with van der Waals surface area (Å²) in [5.74, 6) is 0. The second-order valence-corrected chi connectivity index (χ2v) is 31.3. The van der Waals surface area contributed by atoms with Gasteiger partial charge in [0.2, 0.25) is 0 Å². The number of aromatic nitrogens is 12. The van der Waals surface area contributed by atoms with Gasteiger partial charge in [0.1, 0.15) is 6.33 Å². The highest BCUT2D eigenvalue weighted by atomic mass is 32.1. The molecule has 0 amide bonds. The van der Waals surface area contributed by atoms with Gasteiger partial charge in [-0.15, -0.1) is 11.3 Å². The molecule has 12 nitrogen and oxygen atoms in total. The summed E-state index contributed by atoms with van der Waals surface area (Å²) in [6, 6.07) is 129. The van der Waals surface area contributed by atoms with Gasteiger partial charge < -0.3 is 0 Å². The molecule has 27 rings (SSSR count). The summed E-state index contributed by atoms with van der Waals surface area (Å²) in [5.41, 5.74) is 13.6. The molecule has 1 aliphatic rings. The molecule has 0 unspecified atom stereocenters. The number of rotatable bonds is 0. The molecule has 11 heterocycles. The third kappa shape index (κ3) is 29.6. The topological polar surface area (TPSA) is 155 Å². The van der Waals surface area contributed by atoms with Crippen molar-refractivity contribution >= 4 is 173 Å². The smallest absolute Gasteiger partial charge is 0.159 e. The van der Waals surface area contributed by atoms with Crippen molar-refractivity contribution < 1.29 is 0 Å². The molecule has 0 bridgehead atoms. The van der Waals surface area contributed by atoms with Gasteiger partial charge in [0.15, 0.2) is 5.65 Å². The summed E-state index contributed by atoms with van der Waals surface area (Å²) in [7, 11) is 0. The molecule has 11 aromatic heterocycles. The van der Waals surface area contributed by atoms with Crippen LogP contribution in [0.15, 0.2) is 463 Å². The van der Waals surface area contributed by atoms with Crippen molar-refractivity contribution in [1.29, 1.82) is 0 Å². The molecule has 0 atom stereocenters. The number of fused-ring (bicyclic) bond motifs is 23. The lowest BCUT2D eigenvalue weighted by Crippen LogP contribution is -2.14. The maximum atomic E-state index is 4.50. The molecular weight excluding hydrogens is 1800 g/mol. The maximum Gasteiger partial charge on any atom is 0.159 e. The van der Waals surface area contributed by atoms with Crippen LogP contribution in [0, 0.1) is 0 Å². The van der Waals surface area contributed by atoms with Crippen LogP contribution in [0.2, 0.25) is 0 Å². The largest absolute Gasteiger partial charge is 0.265 e. The molecule has 0 aliphatic heterocycles. The first-order valence-corrected chi connectivity index (χ1v) is 52.5. The quantitative estimate of drug-likeness (QED) is 0.133. The predicted molar refractivity (Wildman–Crippen MR) is 641 cm³/mol. The minimum atomic E-state index is 0.160. The van der Waals surface area contributed by atoms with E-state index in [0.717, 1.165) is 60.4 Å². The zero-order valence-electron chi connectivity index (χ0n) is 89.2. The van der Waals surface area contributed by atoms with Gasteiger partial charge in [0.05, 0.1) is 38.6 Å². The van der Waals surface area contributed by atoms with Gasteiger partial charge >= 0.3 is 0 Å². The van der Waals surface area contributed by atoms with Crippen LogP contribution in [0.3, 0.4) is 0 Å². The first-order chi connectivity index (χ1) is 72.4. The third-order valence-electron chi connectivity index (χ3n) is 22.1. The summed E-state index contributed by atoms with van der Waals surface area (Å²) < 4.78 is 2.76. The Hall–Kier alpha value is -16.5. The number of thiophene rings is 1. The second kappa shape index (κ2) is 64.1. The van der Waals surface area contributed by atoms with Crippen LogP contribution in [0.25, 0.3) is 173 Å². The lowest BCUT2D eigenvalue weighted by atomic mass is 9.82. The van der Waals surface area contributed by atoms with Gasteiger partial charge in [-0.1, -0.05) is 437 Å². The molecule has 13 heteroatoms. The lowest BCUT2D eigenvalue weighted by molar-refractivity contribution is 0.660. The molecule has 15 aromatic carbocycles. The maximum absolute atomic E-state index is 4.50. The zero-order valence-corrected chi connectivity index (χ0v) is 90.0. The Bertz CT molecular complexity index is 7040. The molecule has 26 aromatic rings. The number of pyridine rings is 8. The first-order valence-electron chi connectivity index (χ1n) is 51.7. The van der Waals surface area contributed by atoms with Crippen LogP contribution >= 0.6 is 11.3 Å². The van der Waals surface area contributed by atoms with E-state index in [9.17, 15) is 0 Å². The highest BCUT2D eigenvalue weighted by molar-refractivity contribution is 7.25. The average molecular weight is 1940 g/mol. The predicted octanol–water partition coefficient (Wildman–Crippen LogP) is 39.0. The summed E-state index contributed by atoms with van der Waals surface area (Å²) >= 11 is 1.86. The molecule has 740 valence electrons. The molecule has 0 fully saturated rings. The van der Waals surface area contributed by atoms with Crippen molar-refractivity contribution in [2.24, 2.45) is 0 Å². The number of nitrogens with zero attached hydrogens (tertiary/aromatic N) is 12. The van der Waals surface area contributed by atoms with Gasteiger partial charge in [0.25, 0.3) is 0 Å². The fourth-order valence-corrected chi connectivity index (χ4v) is 17.4. The van der Waals surface area contributed by atoms with Crippen molar-refractivity contribution in [2.75, 3.05) is 0 Å². The van der Waals surface area contributed by atoms with Gasteiger partial charge in [-0.2, -0.15) is 0 Å². The van der Waals surface area contributed by atoms with Gasteiger partial charge in [0, 0.05) is 149 Å². The SMILES string of the molecule is CC.CC.CC.CC.CC.CC.CC.CC.CC.CC.CC1(C)c2ccccc2-c2ccccc21.c1cc2ccc3cccc4ccc(c1)c2c34.c1ccc2c(c1)c1ccccc1c1nccnc21.c1ccc2c(c1)c1cccnc1c1ncccc21.c1ccc2c(c1)sc1ccccc12.c1ccc2ncccc2c1.c1ccncc1.c1cnc2c(c1)ccc1cccnc12.c1cnc2ncccc2c1.c1cncnc1. The fourth-order valence-electron chi connectivity index (χ4n) is 16.3. The molecule has 0 radical (unpaired) electrons. The number of hydrogen-bond donors (Lipinski definition) is 0. The van der Waals surface area contributed by atoms with E-state index in [4.69, 9.17) is 0 Å². The number of hydrogen-bond acceptors (Lipinski definition) is 13. The van der Waals surface area contributed by atoms with Crippen molar-refractivity contribution in [2.45, 2.75) is 158 Å². The van der Waals surface area contributed by atoms with Gasteiger partial charge in [-0.25, -0.2) is 19.9 Å². The van der Waals surface area contributed by atoms with E-state index < -0.39 is 0 Å². The normalized spacial score (nSPS) is 10.2. The van der Waals surface area contributed by atoms with Gasteiger partial charge in [-0.3, -0.25) is 39.9 Å². The highest BCUT2D eigenvalue weighted by Crippen LogP contribution is 2.48. The third-order valence-corrected chi connectivity index (χ3v) is 23.3. The van der Waals surface area contributed by atoms with Crippen molar-refractivity contribution in [3.63, 3.8) is 0 Å². The van der Waals surface area contributed by atoms with E-state index in [0.29, 0.717) is 0 Å². The average Bonchev–Trinajstić information content (AvgIpc) is 1.63. The first kappa shape index (κ1) is 115. The van der Waals surface area contributed by atoms with Crippen molar-refractivity contribution in [1.82, 2.24) is 59.8 Å². The van der Waals surface area contributed by atoms with E-state index in [1.807, 2.05) is 272 Å². The Kier molecular flexibility index (Phi) is 50.4. The summed E-state index contributed by atoms with van der Waals surface area (Å²) in [5, 5.41) is 25.1. The highest BCUT2D eigenvalue weighted by Gasteiger charge is 2.34. The summed E-state index contributed by atoms with van der Waals surface area (Å²) in [6.07, 6.45) is 24.4. The zero-order chi connectivity index (χ0) is 105. The van der Waals surface area contributed by atoms with Crippen molar-refractivity contribution in [3.8, 4) is 11.1 Å². The summed E-state index contributed by atoms with van der Waals surface area (Å²) in [6.45, 7) is 44.6. The van der Waals surface area contributed by atoms with E-state index in [2.05, 4.69) is 341 Å². The molecular formula is C133H142N12S. The second-order valence-electron chi connectivity index (χ2n) is 30.2. The molecule has 1 aliphatic carbocycles. The number of para-hydroxylation sites is 1. The molecule has 0 saturated carbocycles. The van der Waals surface area contributed by atoms with Crippen LogP contribution in [0.4, 0.5) is 0 Å². The Morgan fingerprint density at radius 1 is 0.171 bits per heavy atom. The van der Waals surface area contributed by atoms with Crippen LogP contribution in [0.5, 0.6) is 0 Å². The van der Waals surface area contributed by atoms with Crippen LogP contribution < -0.4 is 0 Å². The molecule has 146 heavy (non-hydrogen) atoms. The molecule has 0 N–H and O–H groups in total. The fraction of sp³-hybridized carbons (Fsp3) is 0.173. The van der Waals surface area contributed by atoms with E-state index >= 15 is 0 Å². The van der Waals surface area contributed by atoms with Crippen LogP contribution in [0.1, 0.15) is 163 Å². The van der Waals surface area contributed by atoms with E-state index in [1.54, 1.807) is 68.0 Å². The standard InChI is InChI=1S/2C16H10N2.C16H10.C15H14.C12H8N2.C12H8S.C9H7N.C8H6N2.C5H5N.C4H4N2.10C2H6/c1-3-7-13-11(5-1)12-6-2-4-8-14(12)16-15(13)17-9-10-18-16;1-2-6-12-11(5-1)13-7-3-9-17-15(13)16-14(12)8-4-10-18-16;1-3-11-7-9-13-5-2-6-14-10-8-12(4-1)15(11)16(13)14;1-15(2)13-9-5-3-7-11(13)12-8-4-6-10-14(12)15;1-3-9-5-6-10-4-2-8-14-12(10)11(9)13-7-1;1-3-7-11-9(5-1)10-6-2-4-8-12(10)13-11;1-2-6-9-8(4-1)5-3-7-10-9;1-3-7-4-2-6-10-8(7)9-5-1;1-2-4-6-5-3-1;1-2-5-4-6-3-1;10*1-2/h2*1-10H;1-10H;3-10H,1-2H3;1-8H;1-8H;1-7H;1-6H;1-5H;1-4H;10*1-2H3. The Balaban J connectivity index is 0.000000196. The van der Waals surface area contributed by atoms with Crippen LogP contribution in [-0.2, 0) is 5.41 Å². The van der Waals surface area contributed by atoms with Gasteiger partial charge in [-0.05, 0) is 167 Å². The van der Waals surface area contributed by atoms with Crippen molar-refractivity contribution in [3.05, 3.63) is 474 Å². The lowest BCUT2D eigenvalue weighted by Gasteiger charge is -2.20. The monoisotopic (exact) mass is 1940 g/mol. The Morgan fingerprint density at radius 2 is 0.438 bits per heavy atom. The molecule has 0 saturated heterocycles. The Morgan fingerprint density at radius 3 is 0.781 bits per heavy atom. The Labute approximate surface area is 869 Å². The van der Waals surface area contributed by atoms with E-state index in [-0.39, 0.29) is 5.41 Å².